The molecule has 28 heavy (non-hydrogen) atoms. The second-order valence-corrected chi connectivity index (χ2v) is 9.92. The monoisotopic (exact) mass is 399 g/mol. The Morgan fingerprint density at radius 2 is 1.68 bits per heavy atom. The maximum atomic E-state index is 12.5. The summed E-state index contributed by atoms with van der Waals surface area (Å²) in [5.74, 6) is 0.259. The minimum absolute atomic E-state index is 0.184. The second-order valence-electron chi connectivity index (χ2n) is 8.91. The van der Waals surface area contributed by atoms with E-state index in [1.54, 1.807) is 0 Å². The first-order chi connectivity index (χ1) is 12.9. The molecule has 3 aromatic rings. The second kappa shape index (κ2) is 6.81. The normalized spacial score (nSPS) is 13.3. The first kappa shape index (κ1) is 20.2. The Morgan fingerprint density at radius 3 is 2.14 bits per heavy atom. The number of nitrogens with zero attached hydrogens (tertiary/aromatic N) is 3. The molecule has 2 aromatic heterocycles. The average Bonchev–Trinajstić information content (AvgIpc) is 3.10. The van der Waals surface area contributed by atoms with Crippen LogP contribution in [0.5, 0.6) is 5.75 Å². The van der Waals surface area contributed by atoms with Crippen LogP contribution in [-0.4, -0.2) is 20.6 Å². The number of aromatic nitrogens is 3. The number of rotatable bonds is 2. The van der Waals surface area contributed by atoms with Gasteiger partial charge in [-0.05, 0) is 34.6 Å². The minimum atomic E-state index is -0.347. The van der Waals surface area contributed by atoms with Crippen LogP contribution in [0.1, 0.15) is 65.2 Å². The van der Waals surface area contributed by atoms with Crippen LogP contribution in [-0.2, 0) is 15.6 Å². The van der Waals surface area contributed by atoms with Crippen molar-refractivity contribution in [1.82, 2.24) is 14.6 Å². The predicted octanol–water partition coefficient (Wildman–Crippen LogP) is 3.22. The standard InChI is InChI=1S/C21H25N3O3S/c1-12(25)27-17-14(20(2,3)4)8-13(9-15(17)21(5,6)7)10-16-18(26)24-19(28-16)22-11-23-24/h8-11H,1-7H3. The third-order valence-corrected chi connectivity index (χ3v) is 5.37. The highest BCUT2D eigenvalue weighted by Crippen LogP contribution is 2.41. The van der Waals surface area contributed by atoms with Crippen molar-refractivity contribution in [1.29, 1.82) is 0 Å². The van der Waals surface area contributed by atoms with Crippen LogP contribution >= 0.6 is 11.3 Å². The lowest BCUT2D eigenvalue weighted by atomic mass is 9.78. The summed E-state index contributed by atoms with van der Waals surface area (Å²) in [7, 11) is 0. The highest BCUT2D eigenvalue weighted by Gasteiger charge is 2.28. The van der Waals surface area contributed by atoms with Gasteiger partial charge < -0.3 is 4.74 Å². The molecule has 0 aliphatic rings. The summed E-state index contributed by atoms with van der Waals surface area (Å²) in [5.41, 5.74) is 2.05. The Hall–Kier alpha value is -2.54. The fourth-order valence-electron chi connectivity index (χ4n) is 3.03. The molecule has 7 heteroatoms. The molecule has 2 heterocycles. The van der Waals surface area contributed by atoms with Crippen molar-refractivity contribution in [2.45, 2.75) is 59.3 Å². The molecule has 3 rings (SSSR count). The molecular formula is C21H25N3O3S. The number of hydrogen-bond acceptors (Lipinski definition) is 6. The third kappa shape index (κ3) is 3.85. The Balaban J connectivity index is 2.32. The quantitative estimate of drug-likeness (QED) is 0.489. The van der Waals surface area contributed by atoms with Crippen LogP contribution in [0.2, 0.25) is 0 Å². The summed E-state index contributed by atoms with van der Waals surface area (Å²) in [5, 5.41) is 3.97. The number of ether oxygens (including phenoxy) is 1. The van der Waals surface area contributed by atoms with Gasteiger partial charge in [0.1, 0.15) is 12.1 Å². The van der Waals surface area contributed by atoms with Crippen molar-refractivity contribution >= 4 is 28.3 Å². The van der Waals surface area contributed by atoms with E-state index in [4.69, 9.17) is 4.74 Å². The maximum Gasteiger partial charge on any atom is 0.308 e. The molecule has 6 nitrogen and oxygen atoms in total. The summed E-state index contributed by atoms with van der Waals surface area (Å²) >= 11 is 1.30. The molecule has 0 unspecified atom stereocenters. The average molecular weight is 400 g/mol. The molecule has 0 N–H and O–H groups in total. The zero-order valence-corrected chi connectivity index (χ0v) is 18.1. The Bertz CT molecular complexity index is 1130. The van der Waals surface area contributed by atoms with E-state index in [1.807, 2.05) is 18.2 Å². The fraction of sp³-hybridized carbons (Fsp3) is 0.429. The first-order valence-electron chi connectivity index (χ1n) is 9.09. The van der Waals surface area contributed by atoms with Crippen LogP contribution < -0.4 is 14.8 Å². The largest absolute Gasteiger partial charge is 0.426 e. The SMILES string of the molecule is CC(=O)Oc1c(C(C)(C)C)cc(C=c2sc3ncnn3c2=O)cc1C(C)(C)C. The summed E-state index contributed by atoms with van der Waals surface area (Å²) in [6.45, 7) is 13.9. The van der Waals surface area contributed by atoms with Crippen molar-refractivity contribution < 1.29 is 9.53 Å². The lowest BCUT2D eigenvalue weighted by Gasteiger charge is -2.29. The van der Waals surface area contributed by atoms with Crippen molar-refractivity contribution in [2.24, 2.45) is 0 Å². The fourth-order valence-corrected chi connectivity index (χ4v) is 3.91. The highest BCUT2D eigenvalue weighted by molar-refractivity contribution is 7.15. The number of thiazole rings is 1. The first-order valence-corrected chi connectivity index (χ1v) is 9.91. The molecular weight excluding hydrogens is 374 g/mol. The number of benzene rings is 1. The van der Waals surface area contributed by atoms with Crippen LogP contribution in [0.3, 0.4) is 0 Å². The van der Waals surface area contributed by atoms with Crippen molar-refractivity contribution in [3.05, 3.63) is 50.0 Å². The van der Waals surface area contributed by atoms with E-state index in [0.29, 0.717) is 15.2 Å². The number of fused-ring (bicyclic) bond motifs is 1. The number of carbonyl (C=O) groups excluding carboxylic acids is 1. The molecule has 1 aromatic carbocycles. The molecule has 0 aliphatic heterocycles. The van der Waals surface area contributed by atoms with Gasteiger partial charge in [-0.15, -0.1) is 0 Å². The van der Waals surface area contributed by atoms with E-state index in [-0.39, 0.29) is 22.4 Å². The van der Waals surface area contributed by atoms with Gasteiger partial charge in [-0.1, -0.05) is 52.9 Å². The van der Waals surface area contributed by atoms with Crippen LogP contribution in [0, 0.1) is 0 Å². The van der Waals surface area contributed by atoms with E-state index in [0.717, 1.165) is 16.7 Å². The molecule has 0 fully saturated rings. The van der Waals surface area contributed by atoms with E-state index >= 15 is 0 Å². The van der Waals surface area contributed by atoms with Gasteiger partial charge in [0, 0.05) is 18.1 Å². The lowest BCUT2D eigenvalue weighted by Crippen LogP contribution is -2.24. The predicted molar refractivity (Wildman–Crippen MR) is 111 cm³/mol. The molecule has 0 bridgehead atoms. The summed E-state index contributed by atoms with van der Waals surface area (Å²) < 4.78 is 7.53. The van der Waals surface area contributed by atoms with Crippen LogP contribution in [0.25, 0.3) is 11.0 Å². The van der Waals surface area contributed by atoms with Crippen molar-refractivity contribution in [2.75, 3.05) is 0 Å². The van der Waals surface area contributed by atoms with Gasteiger partial charge in [0.2, 0.25) is 4.96 Å². The number of carbonyl (C=O) groups is 1. The highest BCUT2D eigenvalue weighted by atomic mass is 32.1. The van der Waals surface area contributed by atoms with Gasteiger partial charge >= 0.3 is 5.97 Å². The topological polar surface area (TPSA) is 73.6 Å². The molecule has 0 spiro atoms. The molecule has 0 saturated carbocycles. The molecule has 148 valence electrons. The van der Waals surface area contributed by atoms with E-state index in [1.165, 1.54) is 29.1 Å². The zero-order chi connectivity index (χ0) is 20.9. The third-order valence-electron chi connectivity index (χ3n) is 4.39. The summed E-state index contributed by atoms with van der Waals surface area (Å²) in [6.07, 6.45) is 3.23. The van der Waals surface area contributed by atoms with Gasteiger partial charge in [0.25, 0.3) is 5.56 Å². The van der Waals surface area contributed by atoms with Crippen LogP contribution in [0.15, 0.2) is 23.3 Å². The van der Waals surface area contributed by atoms with E-state index < -0.39 is 0 Å². The van der Waals surface area contributed by atoms with Gasteiger partial charge in [-0.2, -0.15) is 9.61 Å². The molecule has 0 amide bonds. The number of hydrogen-bond donors (Lipinski definition) is 0. The maximum absolute atomic E-state index is 12.5. The number of esters is 1. The van der Waals surface area contributed by atoms with E-state index in [9.17, 15) is 9.59 Å². The summed E-state index contributed by atoms with van der Waals surface area (Å²) in [6, 6.07) is 3.98. The summed E-state index contributed by atoms with van der Waals surface area (Å²) in [4.78, 5) is 29.0. The Labute approximate surface area is 167 Å². The molecule has 0 radical (unpaired) electrons. The molecule has 0 atom stereocenters. The van der Waals surface area contributed by atoms with Crippen molar-refractivity contribution in [3.63, 3.8) is 0 Å². The Kier molecular flexibility index (Phi) is 4.91. The van der Waals surface area contributed by atoms with Gasteiger partial charge in [0.15, 0.2) is 0 Å². The van der Waals surface area contributed by atoms with Gasteiger partial charge in [0.05, 0.1) is 4.53 Å². The molecule has 0 aliphatic carbocycles. The smallest absolute Gasteiger partial charge is 0.308 e. The zero-order valence-electron chi connectivity index (χ0n) is 17.3. The van der Waals surface area contributed by atoms with Gasteiger partial charge in [-0.3, -0.25) is 9.59 Å². The Morgan fingerprint density at radius 1 is 1.11 bits per heavy atom. The lowest BCUT2D eigenvalue weighted by molar-refractivity contribution is -0.132. The minimum Gasteiger partial charge on any atom is -0.426 e. The van der Waals surface area contributed by atoms with Gasteiger partial charge in [-0.25, -0.2) is 4.98 Å². The van der Waals surface area contributed by atoms with E-state index in [2.05, 4.69) is 51.6 Å². The van der Waals surface area contributed by atoms with Crippen molar-refractivity contribution in [3.8, 4) is 5.75 Å². The van der Waals surface area contributed by atoms with Crippen LogP contribution in [0.4, 0.5) is 0 Å². The molecule has 0 saturated heterocycles.